The van der Waals surface area contributed by atoms with Gasteiger partial charge >= 0.3 is 0 Å². The van der Waals surface area contributed by atoms with E-state index in [2.05, 4.69) is 9.97 Å². The normalized spacial score (nSPS) is 12.3. The fourth-order valence-electron chi connectivity index (χ4n) is 3.10. The lowest BCUT2D eigenvalue weighted by Crippen LogP contribution is -1.92. The van der Waals surface area contributed by atoms with Gasteiger partial charge in [-0.2, -0.15) is 0 Å². The zero-order valence-electron chi connectivity index (χ0n) is 14.1. The van der Waals surface area contributed by atoms with Gasteiger partial charge in [0.1, 0.15) is 11.6 Å². The summed E-state index contributed by atoms with van der Waals surface area (Å²) < 4.78 is 24.2. The van der Waals surface area contributed by atoms with Crippen molar-refractivity contribution in [2.45, 2.75) is 0 Å². The number of aromatic amines is 1. The Kier molecular flexibility index (Phi) is 3.60. The minimum absolute atomic E-state index is 0.222. The first-order valence-corrected chi connectivity index (χ1v) is 8.44. The molecule has 5 rings (SSSR count). The summed E-state index contributed by atoms with van der Waals surface area (Å²) in [6.45, 7) is 0.222. The molecule has 2 aromatic carbocycles. The summed E-state index contributed by atoms with van der Waals surface area (Å²) in [5.74, 6) is 1.83. The van der Waals surface area contributed by atoms with E-state index in [4.69, 9.17) is 14.5 Å². The van der Waals surface area contributed by atoms with Crippen molar-refractivity contribution < 1.29 is 13.9 Å². The molecule has 5 nitrogen and oxygen atoms in total. The lowest BCUT2D eigenvalue weighted by molar-refractivity contribution is 0.174. The van der Waals surface area contributed by atoms with Crippen molar-refractivity contribution in [2.75, 3.05) is 6.79 Å². The second kappa shape index (κ2) is 6.25. The van der Waals surface area contributed by atoms with Gasteiger partial charge in [-0.3, -0.25) is 4.98 Å². The maximum absolute atomic E-state index is 13.4. The van der Waals surface area contributed by atoms with Gasteiger partial charge in [0.2, 0.25) is 6.79 Å². The molecule has 4 aromatic rings. The van der Waals surface area contributed by atoms with Gasteiger partial charge in [-0.25, -0.2) is 9.37 Å². The molecule has 0 saturated heterocycles. The highest BCUT2D eigenvalue weighted by molar-refractivity contribution is 5.81. The molecule has 132 valence electrons. The van der Waals surface area contributed by atoms with Crippen molar-refractivity contribution in [1.29, 1.82) is 0 Å². The molecule has 0 saturated carbocycles. The molecule has 2 aromatic heterocycles. The number of ether oxygens (including phenoxy) is 2. The number of hydrogen-bond acceptors (Lipinski definition) is 4. The number of pyridine rings is 1. The minimum Gasteiger partial charge on any atom is -0.454 e. The highest BCUT2D eigenvalue weighted by Crippen LogP contribution is 2.37. The van der Waals surface area contributed by atoms with Gasteiger partial charge in [-0.15, -0.1) is 0 Å². The Balaban J connectivity index is 1.66. The first-order chi connectivity index (χ1) is 13.3. The average molecular weight is 359 g/mol. The quantitative estimate of drug-likeness (QED) is 0.577. The molecule has 3 heterocycles. The number of nitrogens with zero attached hydrogens (tertiary/aromatic N) is 2. The second-order valence-electron chi connectivity index (χ2n) is 6.12. The maximum Gasteiger partial charge on any atom is 0.231 e. The van der Waals surface area contributed by atoms with Gasteiger partial charge in [0.15, 0.2) is 11.5 Å². The van der Waals surface area contributed by atoms with Crippen LogP contribution in [0, 0.1) is 5.82 Å². The molecule has 0 unspecified atom stereocenters. The van der Waals surface area contributed by atoms with E-state index in [0.29, 0.717) is 11.6 Å². The van der Waals surface area contributed by atoms with E-state index in [0.717, 1.165) is 33.8 Å². The first kappa shape index (κ1) is 15.6. The van der Waals surface area contributed by atoms with Crippen LogP contribution in [-0.4, -0.2) is 21.7 Å². The fraction of sp³-hybridized carbons (Fsp3) is 0.0476. The lowest BCUT2D eigenvalue weighted by Gasteiger charge is -2.02. The Bertz CT molecular complexity index is 1110. The van der Waals surface area contributed by atoms with Crippen LogP contribution in [0.3, 0.4) is 0 Å². The molecule has 1 aliphatic rings. The number of H-pyrrole nitrogens is 1. The molecule has 0 aliphatic carbocycles. The third-order valence-corrected chi connectivity index (χ3v) is 4.44. The zero-order valence-corrected chi connectivity index (χ0v) is 14.1. The molecule has 27 heavy (non-hydrogen) atoms. The highest BCUT2D eigenvalue weighted by atomic mass is 19.1. The van der Waals surface area contributed by atoms with Gasteiger partial charge in [0.25, 0.3) is 0 Å². The maximum atomic E-state index is 13.4. The summed E-state index contributed by atoms with van der Waals surface area (Å²) in [6, 6.07) is 15.8. The van der Waals surface area contributed by atoms with Crippen molar-refractivity contribution in [3.05, 3.63) is 72.8 Å². The monoisotopic (exact) mass is 359 g/mol. The van der Waals surface area contributed by atoms with Gasteiger partial charge in [-0.1, -0.05) is 0 Å². The number of fused-ring (bicyclic) bond motifs is 1. The molecule has 0 atom stereocenters. The molecule has 0 bridgehead atoms. The lowest BCUT2D eigenvalue weighted by atomic mass is 10.1. The largest absolute Gasteiger partial charge is 0.454 e. The number of hydrogen-bond donors (Lipinski definition) is 1. The second-order valence-corrected chi connectivity index (χ2v) is 6.12. The predicted molar refractivity (Wildman–Crippen MR) is 98.8 cm³/mol. The van der Waals surface area contributed by atoms with Crippen LogP contribution in [0.5, 0.6) is 11.5 Å². The van der Waals surface area contributed by atoms with Crippen LogP contribution >= 0.6 is 0 Å². The topological polar surface area (TPSA) is 60.0 Å². The zero-order chi connectivity index (χ0) is 18.2. The Morgan fingerprint density at radius 1 is 0.815 bits per heavy atom. The van der Waals surface area contributed by atoms with Crippen LogP contribution in [0.4, 0.5) is 4.39 Å². The standard InChI is InChI=1S/C21H14FN3O2/c22-16-4-1-13(2-5-16)19-20(14-7-9-23-10-8-14)25-21(24-19)15-3-6-17-18(11-15)27-12-26-17/h1-11H,12H2,(H,24,25). The van der Waals surface area contributed by atoms with Crippen molar-refractivity contribution in [3.63, 3.8) is 0 Å². The fourth-order valence-corrected chi connectivity index (χ4v) is 3.10. The van der Waals surface area contributed by atoms with Crippen LogP contribution in [0.2, 0.25) is 0 Å². The van der Waals surface area contributed by atoms with Crippen molar-refractivity contribution in [1.82, 2.24) is 15.0 Å². The Morgan fingerprint density at radius 3 is 2.37 bits per heavy atom. The molecule has 0 amide bonds. The molecule has 1 aliphatic heterocycles. The van der Waals surface area contributed by atoms with Crippen LogP contribution in [-0.2, 0) is 0 Å². The summed E-state index contributed by atoms with van der Waals surface area (Å²) in [7, 11) is 0. The van der Waals surface area contributed by atoms with Crippen LogP contribution in [0.15, 0.2) is 67.0 Å². The summed E-state index contributed by atoms with van der Waals surface area (Å²) in [4.78, 5) is 12.3. The van der Waals surface area contributed by atoms with Crippen molar-refractivity contribution >= 4 is 0 Å². The summed E-state index contributed by atoms with van der Waals surface area (Å²) in [5, 5.41) is 0. The van der Waals surface area contributed by atoms with E-state index in [1.54, 1.807) is 24.5 Å². The minimum atomic E-state index is -0.282. The SMILES string of the molecule is Fc1ccc(-c2nc(-c3ccc4c(c3)OCO4)[nH]c2-c2ccncc2)cc1. The molecular formula is C21H14FN3O2. The number of aromatic nitrogens is 3. The molecule has 6 heteroatoms. The molecule has 0 radical (unpaired) electrons. The summed E-state index contributed by atoms with van der Waals surface area (Å²) in [6.07, 6.45) is 3.45. The van der Waals surface area contributed by atoms with Gasteiger partial charge < -0.3 is 14.5 Å². The van der Waals surface area contributed by atoms with Crippen molar-refractivity contribution in [2.24, 2.45) is 0 Å². The predicted octanol–water partition coefficient (Wildman–Crippen LogP) is 4.67. The number of rotatable bonds is 3. The Morgan fingerprint density at radius 2 is 1.56 bits per heavy atom. The Hall–Kier alpha value is -3.67. The van der Waals surface area contributed by atoms with Crippen LogP contribution < -0.4 is 9.47 Å². The van der Waals surface area contributed by atoms with E-state index in [1.807, 2.05) is 30.3 Å². The molecule has 0 fully saturated rings. The number of nitrogens with one attached hydrogen (secondary N) is 1. The number of imidazole rings is 1. The molecule has 0 spiro atoms. The highest BCUT2D eigenvalue weighted by Gasteiger charge is 2.18. The van der Waals surface area contributed by atoms with E-state index in [1.165, 1.54) is 12.1 Å². The van der Waals surface area contributed by atoms with Gasteiger partial charge in [0.05, 0.1) is 11.4 Å². The van der Waals surface area contributed by atoms with E-state index >= 15 is 0 Å². The van der Waals surface area contributed by atoms with E-state index < -0.39 is 0 Å². The summed E-state index contributed by atoms with van der Waals surface area (Å²) in [5.41, 5.74) is 4.24. The van der Waals surface area contributed by atoms with Crippen molar-refractivity contribution in [3.8, 4) is 45.4 Å². The third kappa shape index (κ3) is 2.81. The number of halogens is 1. The van der Waals surface area contributed by atoms with Crippen LogP contribution in [0.25, 0.3) is 33.9 Å². The Labute approximate surface area is 154 Å². The van der Waals surface area contributed by atoms with E-state index in [-0.39, 0.29) is 12.6 Å². The van der Waals surface area contributed by atoms with Gasteiger partial charge in [-0.05, 0) is 54.6 Å². The van der Waals surface area contributed by atoms with Crippen LogP contribution in [0.1, 0.15) is 0 Å². The van der Waals surface area contributed by atoms with Gasteiger partial charge in [0, 0.05) is 29.1 Å². The van der Waals surface area contributed by atoms with E-state index in [9.17, 15) is 4.39 Å². The average Bonchev–Trinajstić information content (AvgIpc) is 3.36. The smallest absolute Gasteiger partial charge is 0.231 e. The molecular weight excluding hydrogens is 345 g/mol. The number of benzene rings is 2. The first-order valence-electron chi connectivity index (χ1n) is 8.44. The molecule has 1 N–H and O–H groups in total. The third-order valence-electron chi connectivity index (χ3n) is 4.44. The summed E-state index contributed by atoms with van der Waals surface area (Å²) >= 11 is 0.